The van der Waals surface area contributed by atoms with Crippen molar-refractivity contribution in [3.63, 3.8) is 0 Å². The quantitative estimate of drug-likeness (QED) is 0.760. The first-order chi connectivity index (χ1) is 7.36. The van der Waals surface area contributed by atoms with Crippen molar-refractivity contribution < 1.29 is 17.6 Å². The smallest absolute Gasteiger partial charge is 0.178 e. The van der Waals surface area contributed by atoms with Gasteiger partial charge in [-0.1, -0.05) is 13.0 Å². The Balaban J connectivity index is 3.22. The third kappa shape index (κ3) is 2.88. The lowest BCUT2D eigenvalue weighted by atomic mass is 9.99. The van der Waals surface area contributed by atoms with E-state index < -0.39 is 15.7 Å². The predicted molar refractivity (Wildman–Crippen MR) is 58.6 cm³/mol. The molecule has 0 amide bonds. The minimum atomic E-state index is -3.57. The maximum atomic E-state index is 13.3. The van der Waals surface area contributed by atoms with E-state index >= 15 is 0 Å². The molecule has 0 aromatic heterocycles. The summed E-state index contributed by atoms with van der Waals surface area (Å²) >= 11 is 0. The number of aldehydes is 1. The summed E-state index contributed by atoms with van der Waals surface area (Å²) in [5, 5.41) is 0. The molecule has 5 heteroatoms. The molecule has 0 bridgehead atoms. The summed E-state index contributed by atoms with van der Waals surface area (Å²) in [6.07, 6.45) is 2.00. The Labute approximate surface area is 94.2 Å². The van der Waals surface area contributed by atoms with Gasteiger partial charge in [0.1, 0.15) is 17.0 Å². The standard InChI is InChI=1S/C11H13FO3S/c1-8(5-6-13)9-3-4-10(12)11(7-9)16(2,14)15/h3-4,6-8H,5H2,1-2H3. The van der Waals surface area contributed by atoms with Gasteiger partial charge in [0.2, 0.25) is 0 Å². The largest absolute Gasteiger partial charge is 0.303 e. The van der Waals surface area contributed by atoms with Gasteiger partial charge in [-0.05, 0) is 23.6 Å². The van der Waals surface area contributed by atoms with Crippen molar-refractivity contribution in [3.05, 3.63) is 29.6 Å². The fourth-order valence-corrected chi connectivity index (χ4v) is 2.16. The van der Waals surface area contributed by atoms with Crippen LogP contribution >= 0.6 is 0 Å². The molecule has 3 nitrogen and oxygen atoms in total. The van der Waals surface area contributed by atoms with Crippen LogP contribution in [0.3, 0.4) is 0 Å². The maximum Gasteiger partial charge on any atom is 0.178 e. The van der Waals surface area contributed by atoms with Crippen molar-refractivity contribution in [1.29, 1.82) is 0 Å². The molecule has 0 radical (unpaired) electrons. The topological polar surface area (TPSA) is 51.2 Å². The molecule has 1 aromatic rings. The van der Waals surface area contributed by atoms with Gasteiger partial charge in [0.25, 0.3) is 0 Å². The number of hydrogen-bond donors (Lipinski definition) is 0. The van der Waals surface area contributed by atoms with E-state index in [4.69, 9.17) is 0 Å². The van der Waals surface area contributed by atoms with Crippen LogP contribution in [0, 0.1) is 5.82 Å². The number of rotatable bonds is 4. The molecule has 0 spiro atoms. The number of halogens is 1. The highest BCUT2D eigenvalue weighted by Crippen LogP contribution is 2.23. The van der Waals surface area contributed by atoms with Gasteiger partial charge in [-0.3, -0.25) is 0 Å². The van der Waals surface area contributed by atoms with Crippen LogP contribution in [0.2, 0.25) is 0 Å². The Hall–Kier alpha value is -1.23. The monoisotopic (exact) mass is 244 g/mol. The van der Waals surface area contributed by atoms with Crippen molar-refractivity contribution >= 4 is 16.1 Å². The van der Waals surface area contributed by atoms with E-state index in [0.29, 0.717) is 5.56 Å². The molecule has 88 valence electrons. The van der Waals surface area contributed by atoms with Gasteiger partial charge in [0, 0.05) is 12.7 Å². The second kappa shape index (κ2) is 4.74. The molecule has 0 saturated heterocycles. The minimum Gasteiger partial charge on any atom is -0.303 e. The molecule has 1 unspecified atom stereocenters. The molecule has 0 aliphatic carbocycles. The van der Waals surface area contributed by atoms with E-state index in [0.717, 1.165) is 18.6 Å². The first-order valence-electron chi connectivity index (χ1n) is 4.79. The highest BCUT2D eigenvalue weighted by molar-refractivity contribution is 7.90. The van der Waals surface area contributed by atoms with Crippen LogP contribution in [-0.2, 0) is 14.6 Å². The molecule has 0 fully saturated rings. The molecular formula is C11H13FO3S. The molecule has 0 saturated carbocycles. The van der Waals surface area contributed by atoms with Gasteiger partial charge >= 0.3 is 0 Å². The molecule has 0 aliphatic heterocycles. The average molecular weight is 244 g/mol. The minimum absolute atomic E-state index is 0.112. The van der Waals surface area contributed by atoms with Crippen molar-refractivity contribution in [2.45, 2.75) is 24.2 Å². The molecule has 0 heterocycles. The third-order valence-corrected chi connectivity index (χ3v) is 3.49. The predicted octanol–water partition coefficient (Wildman–Crippen LogP) is 1.92. The molecule has 1 atom stereocenters. The van der Waals surface area contributed by atoms with Gasteiger partial charge in [-0.15, -0.1) is 0 Å². The molecule has 1 aromatic carbocycles. The summed E-state index contributed by atoms with van der Waals surface area (Å²) < 4.78 is 35.8. The van der Waals surface area contributed by atoms with E-state index in [1.807, 2.05) is 0 Å². The van der Waals surface area contributed by atoms with E-state index in [9.17, 15) is 17.6 Å². The lowest BCUT2D eigenvalue weighted by molar-refractivity contribution is -0.108. The van der Waals surface area contributed by atoms with Crippen molar-refractivity contribution in [2.75, 3.05) is 6.26 Å². The molecule has 16 heavy (non-hydrogen) atoms. The highest BCUT2D eigenvalue weighted by atomic mass is 32.2. The second-order valence-corrected chi connectivity index (χ2v) is 5.75. The third-order valence-electron chi connectivity index (χ3n) is 2.37. The van der Waals surface area contributed by atoms with Crippen LogP contribution < -0.4 is 0 Å². The first-order valence-corrected chi connectivity index (χ1v) is 6.68. The molecule has 0 aliphatic rings. The lowest BCUT2D eigenvalue weighted by Gasteiger charge is -2.10. The average Bonchev–Trinajstić information content (AvgIpc) is 2.16. The van der Waals surface area contributed by atoms with E-state index in [1.165, 1.54) is 12.1 Å². The van der Waals surface area contributed by atoms with E-state index in [1.54, 1.807) is 6.92 Å². The maximum absolute atomic E-state index is 13.3. The van der Waals surface area contributed by atoms with Crippen LogP contribution in [0.4, 0.5) is 4.39 Å². The van der Waals surface area contributed by atoms with E-state index in [2.05, 4.69) is 0 Å². The summed E-state index contributed by atoms with van der Waals surface area (Å²) in [4.78, 5) is 10.0. The first kappa shape index (κ1) is 12.8. The summed E-state index contributed by atoms with van der Waals surface area (Å²) in [6, 6.07) is 3.91. The Morgan fingerprint density at radius 1 is 1.44 bits per heavy atom. The zero-order valence-corrected chi connectivity index (χ0v) is 9.92. The summed E-state index contributed by atoms with van der Waals surface area (Å²) in [5.41, 5.74) is 0.647. The summed E-state index contributed by atoms with van der Waals surface area (Å²) in [6.45, 7) is 1.79. The van der Waals surface area contributed by atoms with Gasteiger partial charge < -0.3 is 4.79 Å². The summed E-state index contributed by atoms with van der Waals surface area (Å²) in [5.74, 6) is -0.872. The lowest BCUT2D eigenvalue weighted by Crippen LogP contribution is -2.03. The number of carbonyl (C=O) groups excluding carboxylic acids is 1. The van der Waals surface area contributed by atoms with Crippen molar-refractivity contribution in [1.82, 2.24) is 0 Å². The van der Waals surface area contributed by atoms with Crippen LogP contribution in [0.15, 0.2) is 23.1 Å². The summed E-state index contributed by atoms with van der Waals surface area (Å²) in [7, 11) is -3.57. The van der Waals surface area contributed by atoms with Gasteiger partial charge in [-0.2, -0.15) is 0 Å². The van der Waals surface area contributed by atoms with Crippen LogP contribution in [-0.4, -0.2) is 21.0 Å². The normalized spacial score (nSPS) is 13.4. The number of carbonyl (C=O) groups is 1. The van der Waals surface area contributed by atoms with Gasteiger partial charge in [0.15, 0.2) is 9.84 Å². The van der Waals surface area contributed by atoms with Crippen LogP contribution in [0.25, 0.3) is 0 Å². The van der Waals surface area contributed by atoms with Gasteiger partial charge in [-0.25, -0.2) is 12.8 Å². The second-order valence-electron chi connectivity index (χ2n) is 3.77. The molecule has 0 N–H and O–H groups in total. The van der Waals surface area contributed by atoms with Crippen molar-refractivity contribution in [2.24, 2.45) is 0 Å². The molecule has 1 rings (SSSR count). The van der Waals surface area contributed by atoms with E-state index in [-0.39, 0.29) is 17.2 Å². The fraction of sp³-hybridized carbons (Fsp3) is 0.364. The van der Waals surface area contributed by atoms with Gasteiger partial charge in [0.05, 0.1) is 0 Å². The molecular weight excluding hydrogens is 231 g/mol. The number of sulfone groups is 1. The Morgan fingerprint density at radius 2 is 2.06 bits per heavy atom. The zero-order chi connectivity index (χ0) is 12.3. The Bertz CT molecular complexity index is 494. The zero-order valence-electron chi connectivity index (χ0n) is 9.10. The van der Waals surface area contributed by atoms with Crippen molar-refractivity contribution in [3.8, 4) is 0 Å². The van der Waals surface area contributed by atoms with Crippen LogP contribution in [0.1, 0.15) is 24.8 Å². The number of benzene rings is 1. The van der Waals surface area contributed by atoms with Crippen LogP contribution in [0.5, 0.6) is 0 Å². The Morgan fingerprint density at radius 3 is 2.56 bits per heavy atom. The SMILES string of the molecule is CC(CC=O)c1ccc(F)c(S(C)(=O)=O)c1. The Kier molecular flexibility index (Phi) is 3.80. The number of hydrogen-bond acceptors (Lipinski definition) is 3. The highest BCUT2D eigenvalue weighted by Gasteiger charge is 2.16. The fourth-order valence-electron chi connectivity index (χ4n) is 1.39.